The summed E-state index contributed by atoms with van der Waals surface area (Å²) in [4.78, 5) is 53.7. The first kappa shape index (κ1) is 23.0. The second-order valence-corrected chi connectivity index (χ2v) is 7.93. The van der Waals surface area contributed by atoms with Crippen molar-refractivity contribution in [3.63, 3.8) is 0 Å². The number of hydrogen-bond acceptors (Lipinski definition) is 7. The van der Waals surface area contributed by atoms with Crippen LogP contribution < -0.4 is 5.32 Å². The van der Waals surface area contributed by atoms with Crippen LogP contribution in [0.3, 0.4) is 0 Å². The van der Waals surface area contributed by atoms with Crippen molar-refractivity contribution in [1.82, 2.24) is 4.90 Å². The van der Waals surface area contributed by atoms with Gasteiger partial charge in [-0.3, -0.25) is 14.5 Å². The largest absolute Gasteiger partial charge is 0.478 e. The summed E-state index contributed by atoms with van der Waals surface area (Å²) in [6, 6.07) is 12.2. The molecule has 2 aromatic rings. The van der Waals surface area contributed by atoms with Crippen molar-refractivity contribution < 1.29 is 29.0 Å². The lowest BCUT2D eigenvalue weighted by molar-refractivity contribution is -0.128. The fourth-order valence-electron chi connectivity index (χ4n) is 2.99. The number of rotatable bonds is 7. The second kappa shape index (κ2) is 10.1. The van der Waals surface area contributed by atoms with E-state index in [1.54, 1.807) is 24.3 Å². The van der Waals surface area contributed by atoms with Crippen molar-refractivity contribution in [2.45, 2.75) is 18.6 Å². The van der Waals surface area contributed by atoms with Crippen molar-refractivity contribution in [3.8, 4) is 0 Å². The van der Waals surface area contributed by atoms with Crippen LogP contribution >= 0.6 is 11.8 Å². The number of benzene rings is 2. The Balaban J connectivity index is 1.67. The van der Waals surface area contributed by atoms with E-state index >= 15 is 0 Å². The van der Waals surface area contributed by atoms with E-state index in [2.05, 4.69) is 15.0 Å². The van der Waals surface area contributed by atoms with E-state index in [0.717, 1.165) is 0 Å². The first-order valence-corrected chi connectivity index (χ1v) is 10.6. The molecule has 32 heavy (non-hydrogen) atoms. The molecule has 0 aliphatic carbocycles. The van der Waals surface area contributed by atoms with Crippen LogP contribution in [0.2, 0.25) is 0 Å². The molecule has 1 heterocycles. The number of carboxylic acids is 1. The molecule has 3 rings (SSSR count). The van der Waals surface area contributed by atoms with Gasteiger partial charge in [0, 0.05) is 18.7 Å². The lowest BCUT2D eigenvalue weighted by Gasteiger charge is -2.13. The molecule has 2 aromatic carbocycles. The zero-order valence-electron chi connectivity index (χ0n) is 17.4. The predicted octanol–water partition coefficient (Wildman–Crippen LogP) is 3.15. The molecule has 1 aliphatic rings. The van der Waals surface area contributed by atoms with E-state index in [0.29, 0.717) is 28.7 Å². The molecule has 2 amide bonds. The Morgan fingerprint density at radius 2 is 1.72 bits per heavy atom. The molecule has 1 saturated heterocycles. The monoisotopic (exact) mass is 455 g/mol. The van der Waals surface area contributed by atoms with Gasteiger partial charge in [-0.05, 0) is 55.5 Å². The molecule has 1 aliphatic heterocycles. The Bertz CT molecular complexity index is 1070. The third-order valence-electron chi connectivity index (χ3n) is 4.64. The van der Waals surface area contributed by atoms with Crippen LogP contribution in [0.5, 0.6) is 0 Å². The topological polar surface area (TPSA) is 125 Å². The van der Waals surface area contributed by atoms with E-state index in [-0.39, 0.29) is 23.8 Å². The van der Waals surface area contributed by atoms with Gasteiger partial charge in [0.1, 0.15) is 5.25 Å². The normalized spacial score (nSPS) is 16.8. The van der Waals surface area contributed by atoms with Gasteiger partial charge in [0.25, 0.3) is 0 Å². The highest BCUT2D eigenvalue weighted by Gasteiger charge is 2.38. The van der Waals surface area contributed by atoms with Crippen LogP contribution in [0.25, 0.3) is 0 Å². The highest BCUT2D eigenvalue weighted by atomic mass is 32.2. The molecular formula is C22H21N3O6S. The van der Waals surface area contributed by atoms with Crippen molar-refractivity contribution in [1.29, 1.82) is 0 Å². The summed E-state index contributed by atoms with van der Waals surface area (Å²) in [6.07, 6.45) is -0.0546. The Kier molecular flexibility index (Phi) is 7.26. The van der Waals surface area contributed by atoms with E-state index in [4.69, 9.17) is 5.11 Å². The van der Waals surface area contributed by atoms with Crippen molar-refractivity contribution in [2.75, 3.05) is 19.0 Å². The molecule has 0 saturated carbocycles. The van der Waals surface area contributed by atoms with Crippen LogP contribution in [-0.4, -0.2) is 57.8 Å². The Morgan fingerprint density at radius 3 is 2.28 bits per heavy atom. The molecule has 0 bridgehead atoms. The lowest BCUT2D eigenvalue weighted by atomic mass is 10.2. The zero-order valence-corrected chi connectivity index (χ0v) is 18.2. The molecule has 0 aromatic heterocycles. The van der Waals surface area contributed by atoms with E-state index in [1.807, 2.05) is 6.92 Å². The number of anilines is 1. The predicted molar refractivity (Wildman–Crippen MR) is 120 cm³/mol. The smallest absolute Gasteiger partial charge is 0.337 e. The number of carbonyl (C=O) groups is 4. The summed E-state index contributed by atoms with van der Waals surface area (Å²) < 4.78 is 4.67. The molecular weight excluding hydrogens is 434 g/mol. The first-order valence-electron chi connectivity index (χ1n) is 9.70. The van der Waals surface area contributed by atoms with Gasteiger partial charge in [-0.1, -0.05) is 11.8 Å². The number of aliphatic imine (C=N–C) groups is 1. The molecule has 0 radical (unpaired) electrons. The lowest BCUT2D eigenvalue weighted by Crippen LogP contribution is -2.33. The maximum absolute atomic E-state index is 12.7. The van der Waals surface area contributed by atoms with Crippen LogP contribution in [0.4, 0.5) is 11.4 Å². The summed E-state index contributed by atoms with van der Waals surface area (Å²) in [5, 5.41) is 11.5. The van der Waals surface area contributed by atoms with Gasteiger partial charge in [0.2, 0.25) is 11.8 Å². The number of nitrogens with zero attached hydrogens (tertiary/aromatic N) is 2. The summed E-state index contributed by atoms with van der Waals surface area (Å²) in [6.45, 7) is 2.22. The SMILES string of the molecule is CCN1C(=O)[C@H](CC(=O)Nc2ccc(C(=O)O)cc2)SC1=Nc1ccc(C(=O)OC)cc1. The number of ether oxygens (including phenoxy) is 1. The standard InChI is InChI=1S/C22H21N3O6S/c1-3-25-19(27)17(12-18(26)23-15-8-4-13(5-9-15)20(28)29)32-22(25)24-16-10-6-14(7-11-16)21(30)31-2/h4-11,17H,3,12H2,1-2H3,(H,23,26)(H,28,29)/t17-/m0/s1. The molecule has 10 heteroatoms. The minimum atomic E-state index is -1.05. The average Bonchev–Trinajstić information content (AvgIpc) is 3.07. The minimum absolute atomic E-state index is 0.0546. The fourth-order valence-corrected chi connectivity index (χ4v) is 4.21. The van der Waals surface area contributed by atoms with Gasteiger partial charge in [-0.25, -0.2) is 14.6 Å². The van der Waals surface area contributed by atoms with Crippen molar-refractivity contribution in [2.24, 2.45) is 4.99 Å². The summed E-state index contributed by atoms with van der Waals surface area (Å²) in [5.41, 5.74) is 1.52. The van der Waals surface area contributed by atoms with Gasteiger partial charge >= 0.3 is 11.9 Å². The first-order chi connectivity index (χ1) is 15.3. The van der Waals surface area contributed by atoms with Crippen molar-refractivity contribution >= 4 is 52.1 Å². The fraction of sp³-hybridized carbons (Fsp3) is 0.227. The van der Waals surface area contributed by atoms with Crippen LogP contribution in [0, 0.1) is 0 Å². The summed E-state index contributed by atoms with van der Waals surface area (Å²) in [7, 11) is 1.30. The van der Waals surface area contributed by atoms with E-state index in [1.165, 1.54) is 48.0 Å². The second-order valence-electron chi connectivity index (χ2n) is 6.76. The highest BCUT2D eigenvalue weighted by Crippen LogP contribution is 2.31. The van der Waals surface area contributed by atoms with Gasteiger partial charge in [-0.15, -0.1) is 0 Å². The summed E-state index contributed by atoms with van der Waals surface area (Å²) >= 11 is 1.20. The molecule has 0 unspecified atom stereocenters. The molecule has 166 valence electrons. The van der Waals surface area contributed by atoms with Crippen molar-refractivity contribution in [3.05, 3.63) is 59.7 Å². The van der Waals surface area contributed by atoms with Gasteiger partial charge in [0.15, 0.2) is 5.17 Å². The van der Waals surface area contributed by atoms with E-state index < -0.39 is 17.2 Å². The maximum atomic E-state index is 12.7. The van der Waals surface area contributed by atoms with Crippen LogP contribution in [-0.2, 0) is 14.3 Å². The number of hydrogen-bond donors (Lipinski definition) is 2. The molecule has 1 atom stereocenters. The average molecular weight is 455 g/mol. The third-order valence-corrected chi connectivity index (χ3v) is 5.81. The number of amides is 2. The zero-order chi connectivity index (χ0) is 23.3. The van der Waals surface area contributed by atoms with Crippen LogP contribution in [0.1, 0.15) is 34.1 Å². The van der Waals surface area contributed by atoms with Gasteiger partial charge in [0.05, 0.1) is 23.9 Å². The number of nitrogens with one attached hydrogen (secondary N) is 1. The number of carboxylic acid groups (broad SMARTS) is 1. The Hall–Kier alpha value is -3.66. The van der Waals surface area contributed by atoms with Gasteiger partial charge < -0.3 is 15.2 Å². The Labute approximate surface area is 188 Å². The number of esters is 1. The maximum Gasteiger partial charge on any atom is 0.337 e. The quantitative estimate of drug-likeness (QED) is 0.614. The molecule has 0 spiro atoms. The molecule has 9 nitrogen and oxygen atoms in total. The van der Waals surface area contributed by atoms with E-state index in [9.17, 15) is 19.2 Å². The molecule has 1 fully saturated rings. The number of aromatic carboxylic acids is 1. The number of carbonyl (C=O) groups excluding carboxylic acids is 3. The van der Waals surface area contributed by atoms with Gasteiger partial charge in [-0.2, -0.15) is 0 Å². The Morgan fingerprint density at radius 1 is 1.09 bits per heavy atom. The highest BCUT2D eigenvalue weighted by molar-refractivity contribution is 8.15. The summed E-state index contributed by atoms with van der Waals surface area (Å²) in [5.74, 6) is -2.08. The minimum Gasteiger partial charge on any atom is -0.478 e. The van der Waals surface area contributed by atoms with Crippen LogP contribution in [0.15, 0.2) is 53.5 Å². The third kappa shape index (κ3) is 5.33. The molecule has 2 N–H and O–H groups in total. The number of amidine groups is 1. The number of thioether (sulfide) groups is 1. The number of methoxy groups -OCH3 is 1.